The number of amides is 14. The Morgan fingerprint density at radius 3 is 0.944 bits per heavy atom. The van der Waals surface area contributed by atoms with Crippen molar-refractivity contribution in [2.75, 3.05) is 58.9 Å². The zero-order valence-corrected chi connectivity index (χ0v) is 81.6. The molecular formula is C98H147N29O16. The molecule has 3 aliphatic rings. The van der Waals surface area contributed by atoms with Gasteiger partial charge in [0.2, 0.25) is 82.7 Å². The molecular weight excluding hydrogens is 1840 g/mol. The number of fused-ring (bicyclic) bond motifs is 4. The lowest BCUT2D eigenvalue weighted by molar-refractivity contribution is -0.148. The fraction of sp³-hybridized carbons (Fsp3) is 0.541. The van der Waals surface area contributed by atoms with Crippen LogP contribution < -0.4 is 120 Å². The number of unbranched alkanes of at least 4 members (excludes halogenated alkanes) is 4. The van der Waals surface area contributed by atoms with Gasteiger partial charge in [0.05, 0.1) is 0 Å². The van der Waals surface area contributed by atoms with Gasteiger partial charge in [0, 0.05) is 92.6 Å². The predicted molar refractivity (Wildman–Crippen MR) is 539 cm³/mol. The van der Waals surface area contributed by atoms with Crippen LogP contribution in [-0.4, -0.2) is 274 Å². The smallest absolute Gasteiger partial charge is 0.246 e. The molecule has 5 heterocycles. The number of benzene rings is 4. The summed E-state index contributed by atoms with van der Waals surface area (Å²) in [5.41, 5.74) is 44.5. The predicted octanol–water partition coefficient (Wildman–Crippen LogP) is -1.50. The molecule has 14 amide bonds. The molecule has 0 spiro atoms. The van der Waals surface area contributed by atoms with Crippen LogP contribution in [-0.2, 0) is 92.8 Å². The maximum absolute atomic E-state index is 15.7. The van der Waals surface area contributed by atoms with Gasteiger partial charge in [0.1, 0.15) is 96.1 Å². The number of hydrogen-bond donors (Lipinski definition) is 29. The highest BCUT2D eigenvalue weighted by Crippen LogP contribution is 2.29. The Morgan fingerprint density at radius 2 is 0.608 bits per heavy atom. The van der Waals surface area contributed by atoms with Gasteiger partial charge in [-0.3, -0.25) is 83.4 Å². The number of carbonyl (C=O) groups excluding carboxylic acids is 14. The molecule has 0 radical (unpaired) electrons. The van der Waals surface area contributed by atoms with Gasteiger partial charge in [-0.05, 0) is 238 Å². The van der Waals surface area contributed by atoms with Crippen LogP contribution in [0.3, 0.4) is 0 Å². The molecule has 45 nitrogen and oxygen atoms in total. The second kappa shape index (κ2) is 57.6. The van der Waals surface area contributed by atoms with Gasteiger partial charge in [-0.1, -0.05) is 74.5 Å². The van der Waals surface area contributed by atoms with Gasteiger partial charge >= 0.3 is 0 Å². The molecule has 45 heteroatoms. The van der Waals surface area contributed by atoms with E-state index in [-0.39, 0.29) is 211 Å². The molecule has 3 fully saturated rings. The quantitative estimate of drug-likeness (QED) is 0.0119. The Labute approximate surface area is 831 Å². The molecule has 0 saturated carbocycles. The number of aromatic amines is 2. The van der Waals surface area contributed by atoms with Gasteiger partial charge < -0.3 is 150 Å². The Bertz CT molecular complexity index is 5290. The zero-order valence-electron chi connectivity index (χ0n) is 81.6. The topological polar surface area (TPSA) is 752 Å². The number of phenols is 2. The molecule has 143 heavy (non-hydrogen) atoms. The first-order valence-electron chi connectivity index (χ1n) is 49.6. The number of para-hydroxylation sites is 2. The number of nitrogens with zero attached hydrogens (tertiary/aromatic N) is 2. The van der Waals surface area contributed by atoms with E-state index in [1.807, 2.05) is 18.2 Å². The van der Waals surface area contributed by atoms with Crippen molar-refractivity contribution in [2.45, 2.75) is 272 Å². The van der Waals surface area contributed by atoms with Gasteiger partial charge in [-0.2, -0.15) is 0 Å². The minimum absolute atomic E-state index is 0.00503. The number of H-pyrrole nitrogens is 2. The average Bonchev–Trinajstić information content (AvgIpc) is 1.64. The second-order valence-electron chi connectivity index (χ2n) is 37.2. The number of carbonyl (C=O) groups is 14. The molecule has 0 unspecified atom stereocenters. The van der Waals surface area contributed by atoms with Crippen molar-refractivity contribution in [3.63, 3.8) is 0 Å². The van der Waals surface area contributed by atoms with Crippen molar-refractivity contribution in [1.82, 2.24) is 99.5 Å². The minimum Gasteiger partial charge on any atom is -0.508 e. The van der Waals surface area contributed by atoms with E-state index in [1.54, 1.807) is 56.6 Å². The van der Waals surface area contributed by atoms with Crippen LogP contribution in [0.4, 0.5) is 0 Å². The molecule has 14 atom stereocenters. The number of hydrogen-bond acceptors (Lipinski definition) is 23. The Kier molecular flexibility index (Phi) is 45.3. The maximum atomic E-state index is 15.7. The summed E-state index contributed by atoms with van der Waals surface area (Å²) in [6.45, 7) is 4.30. The van der Waals surface area contributed by atoms with E-state index in [9.17, 15) is 10.2 Å². The largest absolute Gasteiger partial charge is 0.508 e. The first kappa shape index (κ1) is 112. The SMILES string of the molecule is CC(C)C[C@@H]1NC(=O)[C@H](Cc2c[nH]c3ccccc23)NC(=O)[C@H](CCCCN)NC(=O)[C@@H]2CCCN2C(=O)[C@H]2CCCN2C(=O)[C@H](CCCNC(=N)N)NC(=O)[C@H](Cc2ccc(O)cc2)NC(=O)[C@H](Cc2ccc(O)cc2)NC(=O)[C@H](CCCCN)NC(=O)[C@H](Cc2c[nH]c3ccccc23)NC(=O)[C@H](CCCNC(=N)N)NC(=O)[C@H](CCCNC(=N)N)NC(=O)[C@H](CCCCN)NC(=O)[C@H](CCCCN)NC1=O. The third kappa shape index (κ3) is 35.5. The molecule has 780 valence electrons. The number of nitrogens with two attached hydrogens (primary N) is 7. The van der Waals surface area contributed by atoms with Crippen molar-refractivity contribution in [3.8, 4) is 11.5 Å². The van der Waals surface area contributed by atoms with Crippen LogP contribution in [0.25, 0.3) is 21.8 Å². The number of nitrogens with one attached hydrogen (secondary N) is 20. The maximum Gasteiger partial charge on any atom is 0.246 e. The van der Waals surface area contributed by atoms with E-state index in [4.69, 9.17) is 56.4 Å². The van der Waals surface area contributed by atoms with Crippen molar-refractivity contribution in [2.24, 2.45) is 46.1 Å². The average molecular weight is 1990 g/mol. The van der Waals surface area contributed by atoms with Crippen LogP contribution in [0.15, 0.2) is 109 Å². The highest BCUT2D eigenvalue weighted by molar-refractivity contribution is 6.02. The summed E-state index contributed by atoms with van der Waals surface area (Å²) in [7, 11) is 0. The first-order chi connectivity index (χ1) is 68.6. The van der Waals surface area contributed by atoms with E-state index < -0.39 is 185 Å². The van der Waals surface area contributed by atoms with Crippen molar-refractivity contribution in [1.29, 1.82) is 16.2 Å². The molecule has 9 rings (SSSR count). The summed E-state index contributed by atoms with van der Waals surface area (Å²) in [5.74, 6) is -13.9. The fourth-order valence-electron chi connectivity index (χ4n) is 18.0. The first-order valence-corrected chi connectivity index (χ1v) is 49.6. The minimum atomic E-state index is -1.65. The van der Waals surface area contributed by atoms with Crippen molar-refractivity contribution < 1.29 is 77.3 Å². The normalized spacial score (nSPS) is 23.0. The van der Waals surface area contributed by atoms with Crippen LogP contribution in [0, 0.1) is 22.1 Å². The van der Waals surface area contributed by atoms with E-state index in [2.05, 4.69) is 89.7 Å². The Balaban J connectivity index is 1.16. The Morgan fingerprint density at radius 1 is 0.336 bits per heavy atom. The zero-order chi connectivity index (χ0) is 104. The van der Waals surface area contributed by atoms with E-state index >= 15 is 67.1 Å². The standard InChI is InChI=1S/C98H147N29O16/c1-57(2)50-75-88(136)117-69(25-8-12-42-100)83(131)114-68(24-7-11-41-99)82(130)115-72(28-15-45-109-96(103)104)84(132)116-73(29-16-46-110-97(105)106)87(135)124-78(53-60-55-112-66-22-5-3-20-64(60)66)91(139)118-70(26-9-13-43-101)85(133)122-77(52-59-35-39-63(129)40-36-59)90(138)123-76(51-58-33-37-62(128)38-34-58)89(137)120-74(30-17-47-111-98(107)108)94(142)127-49-19-32-81(127)95(143)126-48-18-31-80(126)93(141)119-71(27-10-14-44-102)86(134)125-79(92(140)121-75)54-61-56-113-67-23-6-4-21-65(61)67/h3-6,20-23,33-40,55-57,68-81,112-113,128-129H,7-19,24-32,41-54,99-102H2,1-2H3,(H,114,131)(H,115,130)(H,116,132)(H,117,136)(H,118,139)(H,119,141)(H,120,137)(H,121,140)(H,122,133)(H,123,138)(H,124,135)(H,125,134)(H4,103,104,109)(H4,105,106,110)(H4,107,108,111)/t68-,69-,70-,71-,72-,73-,74-,75-,76-,77-,78-,79-,80-,81+/m0/s1. The molecule has 2 aromatic heterocycles. The lowest BCUT2D eigenvalue weighted by Gasteiger charge is -2.34. The third-order valence-electron chi connectivity index (χ3n) is 25.6. The molecule has 3 saturated heterocycles. The van der Waals surface area contributed by atoms with E-state index in [0.717, 1.165) is 0 Å². The van der Waals surface area contributed by atoms with Crippen LogP contribution in [0.2, 0.25) is 0 Å². The van der Waals surface area contributed by atoms with Gasteiger partial charge in [0.15, 0.2) is 17.9 Å². The van der Waals surface area contributed by atoms with Crippen molar-refractivity contribution >= 4 is 122 Å². The monoisotopic (exact) mass is 1990 g/mol. The summed E-state index contributed by atoms with van der Waals surface area (Å²) in [6.07, 6.45) is 4.66. The van der Waals surface area contributed by atoms with Crippen LogP contribution >= 0.6 is 0 Å². The highest BCUT2D eigenvalue weighted by Gasteiger charge is 2.46. The summed E-state index contributed by atoms with van der Waals surface area (Å²) in [6, 6.07) is 5.00. The number of guanidine groups is 3. The van der Waals surface area contributed by atoms with Gasteiger partial charge in [-0.25, -0.2) is 0 Å². The molecule has 3 aliphatic heterocycles. The van der Waals surface area contributed by atoms with Crippen molar-refractivity contribution in [3.05, 3.63) is 132 Å². The van der Waals surface area contributed by atoms with Crippen LogP contribution in [0.1, 0.15) is 184 Å². The number of rotatable bonds is 38. The van der Waals surface area contributed by atoms with E-state index in [1.165, 1.54) is 58.3 Å². The highest BCUT2D eigenvalue weighted by atomic mass is 16.3. The third-order valence-corrected chi connectivity index (χ3v) is 25.6. The Hall–Kier alpha value is -14.2. The molecule has 36 N–H and O–H groups in total. The number of aromatic nitrogens is 2. The molecule has 4 aromatic carbocycles. The summed E-state index contributed by atoms with van der Waals surface area (Å²) >= 11 is 0. The lowest BCUT2D eigenvalue weighted by Crippen LogP contribution is -2.61. The van der Waals surface area contributed by atoms with Gasteiger partial charge in [0.25, 0.3) is 0 Å². The fourth-order valence-corrected chi connectivity index (χ4v) is 18.0. The van der Waals surface area contributed by atoms with E-state index in [0.29, 0.717) is 82.6 Å². The van der Waals surface area contributed by atoms with Gasteiger partial charge in [-0.15, -0.1) is 0 Å². The molecule has 0 bridgehead atoms. The number of aromatic hydroxyl groups is 2. The number of phenolic OH excluding ortho intramolecular Hbond substituents is 2. The summed E-state index contributed by atoms with van der Waals surface area (Å²) in [5, 5.41) is 88.3. The molecule has 6 aromatic rings. The summed E-state index contributed by atoms with van der Waals surface area (Å²) < 4.78 is 0. The second-order valence-corrected chi connectivity index (χ2v) is 37.2. The van der Waals surface area contributed by atoms with Crippen LogP contribution in [0.5, 0.6) is 11.5 Å². The lowest BCUT2D eigenvalue weighted by atomic mass is 9.99. The molecule has 0 aliphatic carbocycles. The summed E-state index contributed by atoms with van der Waals surface area (Å²) in [4.78, 5) is 226.